The SMILES string of the molecule is CN=C(NCCCOC)NC(C)CCCC(C)C.I. The van der Waals surface area contributed by atoms with Crippen molar-refractivity contribution in [2.24, 2.45) is 10.9 Å². The van der Waals surface area contributed by atoms with Crippen LogP contribution in [-0.4, -0.2) is 39.3 Å². The highest BCUT2D eigenvalue weighted by atomic mass is 127. The summed E-state index contributed by atoms with van der Waals surface area (Å²) in [6.45, 7) is 8.44. The molecule has 0 aromatic rings. The summed E-state index contributed by atoms with van der Waals surface area (Å²) in [6.07, 6.45) is 4.76. The molecule has 0 fully saturated rings. The fourth-order valence-electron chi connectivity index (χ4n) is 1.76. The molecule has 0 aliphatic rings. The van der Waals surface area contributed by atoms with Gasteiger partial charge in [-0.2, -0.15) is 0 Å². The van der Waals surface area contributed by atoms with E-state index in [9.17, 15) is 0 Å². The molecule has 0 aromatic heterocycles. The van der Waals surface area contributed by atoms with E-state index in [1.165, 1.54) is 19.3 Å². The first kappa shape index (κ1) is 21.3. The van der Waals surface area contributed by atoms with Crippen LogP contribution in [0.15, 0.2) is 4.99 Å². The maximum atomic E-state index is 5.01. The molecule has 0 rings (SSSR count). The van der Waals surface area contributed by atoms with Gasteiger partial charge in [-0.05, 0) is 25.7 Å². The molecule has 1 atom stereocenters. The summed E-state index contributed by atoms with van der Waals surface area (Å²) in [5.41, 5.74) is 0. The zero-order chi connectivity index (χ0) is 13.8. The van der Waals surface area contributed by atoms with Crippen LogP contribution in [0.3, 0.4) is 0 Å². The van der Waals surface area contributed by atoms with Gasteiger partial charge in [-0.3, -0.25) is 4.99 Å². The van der Waals surface area contributed by atoms with Crippen molar-refractivity contribution in [3.8, 4) is 0 Å². The molecule has 0 spiro atoms. The Bertz CT molecular complexity index is 223. The third-order valence-corrected chi connectivity index (χ3v) is 2.84. The molecule has 116 valence electrons. The molecule has 0 saturated carbocycles. The molecule has 19 heavy (non-hydrogen) atoms. The van der Waals surface area contributed by atoms with Crippen molar-refractivity contribution in [1.29, 1.82) is 0 Å². The van der Waals surface area contributed by atoms with Crippen LogP contribution in [0.1, 0.15) is 46.5 Å². The van der Waals surface area contributed by atoms with Crippen LogP contribution >= 0.6 is 24.0 Å². The lowest BCUT2D eigenvalue weighted by Gasteiger charge is -2.18. The first-order valence-electron chi connectivity index (χ1n) is 7.06. The van der Waals surface area contributed by atoms with Crippen LogP contribution < -0.4 is 10.6 Å². The number of aliphatic imine (C=N–C) groups is 1. The Morgan fingerprint density at radius 1 is 1.16 bits per heavy atom. The van der Waals surface area contributed by atoms with E-state index in [0.29, 0.717) is 6.04 Å². The van der Waals surface area contributed by atoms with Crippen molar-refractivity contribution < 1.29 is 4.74 Å². The van der Waals surface area contributed by atoms with E-state index in [4.69, 9.17) is 4.74 Å². The lowest BCUT2D eigenvalue weighted by molar-refractivity contribution is 0.195. The number of guanidine groups is 1. The van der Waals surface area contributed by atoms with Crippen molar-refractivity contribution in [2.75, 3.05) is 27.3 Å². The summed E-state index contributed by atoms with van der Waals surface area (Å²) >= 11 is 0. The van der Waals surface area contributed by atoms with Crippen molar-refractivity contribution in [3.63, 3.8) is 0 Å². The summed E-state index contributed by atoms with van der Waals surface area (Å²) in [5.74, 6) is 1.69. The molecule has 4 nitrogen and oxygen atoms in total. The standard InChI is InChI=1S/C14H31N3O.HI/c1-12(2)8-6-9-13(3)17-14(15-4)16-10-7-11-18-5;/h12-13H,6-11H2,1-5H3,(H2,15,16,17);1H. The van der Waals surface area contributed by atoms with Crippen LogP contribution in [0, 0.1) is 5.92 Å². The predicted molar refractivity (Wildman–Crippen MR) is 94.6 cm³/mol. The Kier molecular flexibility index (Phi) is 16.1. The minimum absolute atomic E-state index is 0. The topological polar surface area (TPSA) is 45.7 Å². The summed E-state index contributed by atoms with van der Waals surface area (Å²) in [4.78, 5) is 4.22. The van der Waals surface area contributed by atoms with E-state index in [-0.39, 0.29) is 24.0 Å². The summed E-state index contributed by atoms with van der Waals surface area (Å²) in [6, 6.07) is 0.470. The molecule has 1 unspecified atom stereocenters. The summed E-state index contributed by atoms with van der Waals surface area (Å²) in [7, 11) is 3.54. The molecule has 0 aliphatic heterocycles. The second-order valence-corrected chi connectivity index (χ2v) is 5.22. The average Bonchev–Trinajstić information content (AvgIpc) is 2.32. The predicted octanol–water partition coefficient (Wildman–Crippen LogP) is 3.02. The van der Waals surface area contributed by atoms with Gasteiger partial charge in [0.1, 0.15) is 0 Å². The van der Waals surface area contributed by atoms with Gasteiger partial charge in [0, 0.05) is 33.4 Å². The Morgan fingerprint density at radius 3 is 2.37 bits per heavy atom. The largest absolute Gasteiger partial charge is 0.385 e. The van der Waals surface area contributed by atoms with E-state index in [1.54, 1.807) is 7.11 Å². The van der Waals surface area contributed by atoms with Gasteiger partial charge in [-0.15, -0.1) is 24.0 Å². The van der Waals surface area contributed by atoms with Gasteiger partial charge >= 0.3 is 0 Å². The number of methoxy groups -OCH3 is 1. The third kappa shape index (κ3) is 14.2. The van der Waals surface area contributed by atoms with Gasteiger partial charge in [0.2, 0.25) is 0 Å². The number of ether oxygens (including phenoxy) is 1. The molecule has 0 saturated heterocycles. The zero-order valence-corrected chi connectivity index (χ0v) is 15.5. The fourth-order valence-corrected chi connectivity index (χ4v) is 1.76. The highest BCUT2D eigenvalue weighted by Gasteiger charge is 2.05. The first-order chi connectivity index (χ1) is 8.60. The molecule has 0 heterocycles. The maximum absolute atomic E-state index is 5.01. The summed E-state index contributed by atoms with van der Waals surface area (Å²) in [5, 5.41) is 6.71. The number of nitrogens with one attached hydrogen (secondary N) is 2. The van der Waals surface area contributed by atoms with Crippen molar-refractivity contribution in [2.45, 2.75) is 52.5 Å². The van der Waals surface area contributed by atoms with Crippen LogP contribution in [0.5, 0.6) is 0 Å². The van der Waals surface area contributed by atoms with E-state index in [1.807, 2.05) is 7.05 Å². The Morgan fingerprint density at radius 2 is 1.84 bits per heavy atom. The highest BCUT2D eigenvalue weighted by Crippen LogP contribution is 2.07. The quantitative estimate of drug-likeness (QED) is 0.278. The molecular formula is C14H32IN3O. The number of hydrogen-bond acceptors (Lipinski definition) is 2. The number of halogens is 1. The van der Waals surface area contributed by atoms with Gasteiger partial charge < -0.3 is 15.4 Å². The highest BCUT2D eigenvalue weighted by molar-refractivity contribution is 14.0. The van der Waals surface area contributed by atoms with Crippen molar-refractivity contribution >= 4 is 29.9 Å². The van der Waals surface area contributed by atoms with E-state index in [0.717, 1.165) is 31.4 Å². The third-order valence-electron chi connectivity index (χ3n) is 2.84. The van der Waals surface area contributed by atoms with E-state index in [2.05, 4.69) is 36.4 Å². The molecule has 5 heteroatoms. The zero-order valence-electron chi connectivity index (χ0n) is 13.2. The second kappa shape index (κ2) is 14.4. The number of nitrogens with zero attached hydrogens (tertiary/aromatic N) is 1. The van der Waals surface area contributed by atoms with Crippen LogP contribution in [0.25, 0.3) is 0 Å². The summed E-state index contributed by atoms with van der Waals surface area (Å²) < 4.78 is 5.01. The molecule has 0 aromatic carbocycles. The molecule has 0 aliphatic carbocycles. The smallest absolute Gasteiger partial charge is 0.191 e. The van der Waals surface area contributed by atoms with E-state index < -0.39 is 0 Å². The van der Waals surface area contributed by atoms with Crippen LogP contribution in [-0.2, 0) is 4.74 Å². The second-order valence-electron chi connectivity index (χ2n) is 5.22. The molecule has 0 radical (unpaired) electrons. The number of hydrogen-bond donors (Lipinski definition) is 2. The van der Waals surface area contributed by atoms with Crippen molar-refractivity contribution in [1.82, 2.24) is 10.6 Å². The normalized spacial score (nSPS) is 13.1. The van der Waals surface area contributed by atoms with E-state index >= 15 is 0 Å². The van der Waals surface area contributed by atoms with Crippen LogP contribution in [0.2, 0.25) is 0 Å². The minimum atomic E-state index is 0. The van der Waals surface area contributed by atoms with Gasteiger partial charge in [0.15, 0.2) is 5.96 Å². The molecular weight excluding hydrogens is 353 g/mol. The van der Waals surface area contributed by atoms with Gasteiger partial charge in [0.05, 0.1) is 0 Å². The fraction of sp³-hybridized carbons (Fsp3) is 0.929. The molecule has 0 amide bonds. The Labute approximate surface area is 136 Å². The average molecular weight is 385 g/mol. The molecule has 2 N–H and O–H groups in total. The lowest BCUT2D eigenvalue weighted by Crippen LogP contribution is -2.42. The van der Waals surface area contributed by atoms with Crippen LogP contribution in [0.4, 0.5) is 0 Å². The van der Waals surface area contributed by atoms with Gasteiger partial charge in [-0.25, -0.2) is 0 Å². The minimum Gasteiger partial charge on any atom is -0.385 e. The van der Waals surface area contributed by atoms with Gasteiger partial charge in [0.25, 0.3) is 0 Å². The first-order valence-corrected chi connectivity index (χ1v) is 7.06. The number of rotatable bonds is 9. The molecule has 0 bridgehead atoms. The maximum Gasteiger partial charge on any atom is 0.191 e. The monoisotopic (exact) mass is 385 g/mol. The Balaban J connectivity index is 0. The Hall–Kier alpha value is -0.0400. The lowest BCUT2D eigenvalue weighted by atomic mass is 10.0. The van der Waals surface area contributed by atoms with Crippen molar-refractivity contribution in [3.05, 3.63) is 0 Å². The van der Waals surface area contributed by atoms with Gasteiger partial charge in [-0.1, -0.05) is 26.7 Å².